The van der Waals surface area contributed by atoms with Crippen molar-refractivity contribution in [3.8, 4) is 0 Å². The molecule has 2 amide bonds. The molecular formula is C32H64N2O3. The fourth-order valence-electron chi connectivity index (χ4n) is 5.52. The van der Waals surface area contributed by atoms with Crippen LogP contribution >= 0.6 is 0 Å². The van der Waals surface area contributed by atoms with Crippen LogP contribution in [0, 0.1) is 33.5 Å². The summed E-state index contributed by atoms with van der Waals surface area (Å²) in [6, 6.07) is 0. The zero-order chi connectivity index (χ0) is 30.0. The number of rotatable bonds is 6. The zero-order valence-electron chi connectivity index (χ0n) is 27.7. The number of amides is 2. The molecule has 0 bridgehead atoms. The second-order valence-electron chi connectivity index (χ2n) is 15.6. The third-order valence-corrected chi connectivity index (χ3v) is 6.68. The molecule has 1 fully saturated rings. The van der Waals surface area contributed by atoms with E-state index in [0.29, 0.717) is 11.7 Å². The first-order valence-corrected chi connectivity index (χ1v) is 14.3. The third kappa shape index (κ3) is 17.7. The molecule has 2 atom stereocenters. The Morgan fingerprint density at radius 1 is 0.676 bits per heavy atom. The van der Waals surface area contributed by atoms with Crippen molar-refractivity contribution in [3.63, 3.8) is 0 Å². The average Bonchev–Trinajstić information content (AvgIpc) is 3.12. The van der Waals surface area contributed by atoms with E-state index in [-0.39, 0.29) is 39.4 Å². The second-order valence-corrected chi connectivity index (χ2v) is 15.6. The van der Waals surface area contributed by atoms with Crippen molar-refractivity contribution in [2.75, 3.05) is 28.2 Å². The van der Waals surface area contributed by atoms with Crippen LogP contribution in [0.3, 0.4) is 0 Å². The minimum Gasteiger partial charge on any atom is -0.349 e. The fourth-order valence-corrected chi connectivity index (χ4v) is 5.52. The Morgan fingerprint density at radius 3 is 1.30 bits per heavy atom. The first-order valence-electron chi connectivity index (χ1n) is 14.3. The van der Waals surface area contributed by atoms with Gasteiger partial charge in [-0.05, 0) is 55.3 Å². The molecule has 0 spiro atoms. The Hall–Kier alpha value is -1.39. The van der Waals surface area contributed by atoms with Crippen molar-refractivity contribution in [2.45, 2.75) is 128 Å². The van der Waals surface area contributed by atoms with Crippen molar-refractivity contribution >= 4 is 17.6 Å². The van der Waals surface area contributed by atoms with Gasteiger partial charge in [-0.2, -0.15) is 0 Å². The normalized spacial score (nSPS) is 16.9. The summed E-state index contributed by atoms with van der Waals surface area (Å²) in [6.07, 6.45) is 7.57. The lowest BCUT2D eigenvalue weighted by atomic mass is 9.72. The molecule has 0 N–H and O–H groups in total. The summed E-state index contributed by atoms with van der Waals surface area (Å²) >= 11 is 0. The molecule has 0 heterocycles. The van der Waals surface area contributed by atoms with Gasteiger partial charge < -0.3 is 9.80 Å². The van der Waals surface area contributed by atoms with Crippen LogP contribution in [0.5, 0.6) is 0 Å². The van der Waals surface area contributed by atoms with Crippen LogP contribution in [-0.2, 0) is 14.4 Å². The van der Waals surface area contributed by atoms with Crippen LogP contribution < -0.4 is 0 Å². The van der Waals surface area contributed by atoms with Gasteiger partial charge in [-0.1, -0.05) is 89.0 Å². The molecule has 2 unspecified atom stereocenters. The van der Waals surface area contributed by atoms with E-state index < -0.39 is 0 Å². The van der Waals surface area contributed by atoms with Gasteiger partial charge >= 0.3 is 0 Å². The van der Waals surface area contributed by atoms with Crippen molar-refractivity contribution in [1.29, 1.82) is 0 Å². The van der Waals surface area contributed by atoms with Gasteiger partial charge in [-0.3, -0.25) is 14.4 Å². The van der Waals surface area contributed by atoms with Gasteiger partial charge in [0.1, 0.15) is 5.78 Å². The molecule has 0 saturated heterocycles. The molecule has 0 aromatic heterocycles. The molecule has 220 valence electrons. The Bertz CT molecular complexity index is 697. The minimum absolute atomic E-state index is 0.0538. The maximum atomic E-state index is 12.3. The van der Waals surface area contributed by atoms with Crippen LogP contribution in [0.15, 0.2) is 0 Å². The highest BCUT2D eigenvalue weighted by Crippen LogP contribution is 2.47. The Morgan fingerprint density at radius 2 is 1.05 bits per heavy atom. The maximum Gasteiger partial charge on any atom is 0.228 e. The summed E-state index contributed by atoms with van der Waals surface area (Å²) in [5.74, 6) is 1.23. The lowest BCUT2D eigenvalue weighted by molar-refractivity contribution is -0.141. The first-order chi connectivity index (χ1) is 16.3. The molecule has 1 aliphatic rings. The van der Waals surface area contributed by atoms with Gasteiger partial charge in [0.25, 0.3) is 0 Å². The number of Topliss-reactive ketones (excluding diaryl/α,β-unsaturated/α-hetero) is 1. The lowest BCUT2D eigenvalue weighted by Gasteiger charge is -2.36. The minimum atomic E-state index is -0.0538. The van der Waals surface area contributed by atoms with Crippen LogP contribution in [-0.4, -0.2) is 55.6 Å². The van der Waals surface area contributed by atoms with Crippen LogP contribution in [0.4, 0.5) is 0 Å². The van der Waals surface area contributed by atoms with Gasteiger partial charge in [0.15, 0.2) is 0 Å². The summed E-state index contributed by atoms with van der Waals surface area (Å²) in [5, 5.41) is 0. The van der Waals surface area contributed by atoms with Gasteiger partial charge in [-0.15, -0.1) is 0 Å². The average molecular weight is 525 g/mol. The van der Waals surface area contributed by atoms with Crippen LogP contribution in [0.25, 0.3) is 0 Å². The summed E-state index contributed by atoms with van der Waals surface area (Å²) in [6.45, 7) is 25.3. The smallest absolute Gasteiger partial charge is 0.228 e. The Kier molecular flexibility index (Phi) is 15.6. The molecule has 5 heteroatoms. The van der Waals surface area contributed by atoms with Gasteiger partial charge in [0.2, 0.25) is 11.8 Å². The SMILES string of the molecule is CC(=O)C(C)CC(C)(C)C.CC(CC(C)(C)C)C(=O)N(C)C.CN(C)C(=O)C1(CC(C)(C)C)CCCC1. The molecule has 1 rings (SSSR count). The van der Waals surface area contributed by atoms with E-state index in [1.165, 1.54) is 12.8 Å². The van der Waals surface area contributed by atoms with Crippen LogP contribution in [0.2, 0.25) is 0 Å². The molecule has 0 radical (unpaired) electrons. The topological polar surface area (TPSA) is 57.7 Å². The number of hydrogen-bond donors (Lipinski definition) is 0. The van der Waals surface area contributed by atoms with Crippen molar-refractivity contribution in [2.24, 2.45) is 33.5 Å². The number of ketones is 1. The van der Waals surface area contributed by atoms with E-state index in [1.54, 1.807) is 16.7 Å². The monoisotopic (exact) mass is 524 g/mol. The van der Waals surface area contributed by atoms with E-state index >= 15 is 0 Å². The molecular weight excluding hydrogens is 460 g/mol. The molecule has 1 saturated carbocycles. The second kappa shape index (κ2) is 15.3. The molecule has 0 aromatic rings. The fraction of sp³-hybridized carbons (Fsp3) is 0.906. The van der Waals surface area contributed by atoms with E-state index in [4.69, 9.17) is 0 Å². The Balaban J connectivity index is 0. The lowest BCUT2D eigenvalue weighted by Crippen LogP contribution is -2.40. The highest BCUT2D eigenvalue weighted by Gasteiger charge is 2.44. The predicted molar refractivity (Wildman–Crippen MR) is 160 cm³/mol. The van der Waals surface area contributed by atoms with Gasteiger partial charge in [0, 0.05) is 45.4 Å². The van der Waals surface area contributed by atoms with Crippen LogP contribution in [0.1, 0.15) is 128 Å². The summed E-state index contributed by atoms with van der Waals surface area (Å²) in [5.41, 5.74) is 0.716. The molecule has 0 aromatic carbocycles. The van der Waals surface area contributed by atoms with E-state index in [2.05, 4.69) is 62.3 Å². The quantitative estimate of drug-likeness (QED) is 0.355. The largest absolute Gasteiger partial charge is 0.349 e. The summed E-state index contributed by atoms with van der Waals surface area (Å²) < 4.78 is 0. The van der Waals surface area contributed by atoms with Crippen molar-refractivity contribution < 1.29 is 14.4 Å². The summed E-state index contributed by atoms with van der Waals surface area (Å²) in [4.78, 5) is 38.0. The van der Waals surface area contributed by atoms with E-state index in [9.17, 15) is 14.4 Å². The highest BCUT2D eigenvalue weighted by molar-refractivity contribution is 5.82. The third-order valence-electron chi connectivity index (χ3n) is 6.68. The maximum absolute atomic E-state index is 12.3. The molecule has 1 aliphatic carbocycles. The number of carbonyl (C=O) groups excluding carboxylic acids is 3. The van der Waals surface area contributed by atoms with Crippen molar-refractivity contribution in [1.82, 2.24) is 9.80 Å². The van der Waals surface area contributed by atoms with Gasteiger partial charge in [-0.25, -0.2) is 0 Å². The molecule has 0 aliphatic heterocycles. The summed E-state index contributed by atoms with van der Waals surface area (Å²) in [7, 11) is 7.37. The Labute approximate surface area is 231 Å². The molecule has 5 nitrogen and oxygen atoms in total. The predicted octanol–water partition coefficient (Wildman–Crippen LogP) is 7.87. The number of carbonyl (C=O) groups is 3. The highest BCUT2D eigenvalue weighted by atomic mass is 16.2. The number of nitrogens with zero attached hydrogens (tertiary/aromatic N) is 2. The first kappa shape index (κ1) is 37.8. The zero-order valence-corrected chi connectivity index (χ0v) is 27.7. The standard InChI is InChI=1S/C13H25NO.C10H21NO.C9H18O/c1-12(2,3)10-13(8-6-7-9-13)11(15)14(4)5;1-8(7-10(2,3)4)9(12)11(5)6;1-7(8(2)10)6-9(3,4)5/h6-10H2,1-5H3;8H,7H2,1-6H3;7H,6H2,1-5H3. The van der Waals surface area contributed by atoms with Crippen molar-refractivity contribution in [3.05, 3.63) is 0 Å². The number of hydrogen-bond acceptors (Lipinski definition) is 3. The molecule has 37 heavy (non-hydrogen) atoms. The van der Waals surface area contributed by atoms with E-state index in [1.807, 2.05) is 42.0 Å². The van der Waals surface area contributed by atoms with E-state index in [0.717, 1.165) is 32.1 Å². The van der Waals surface area contributed by atoms with Gasteiger partial charge in [0.05, 0.1) is 0 Å².